The SMILES string of the molecule is Cc1cc(=O)n2c3c1N(CC(C)C)CC(=O)N3CC2CO. The smallest absolute Gasteiger partial charge is 0.252 e. The van der Waals surface area contributed by atoms with Gasteiger partial charge in [-0.05, 0) is 18.4 Å². The van der Waals surface area contributed by atoms with E-state index in [4.69, 9.17) is 0 Å². The maximum atomic E-state index is 12.4. The molecule has 6 nitrogen and oxygen atoms in total. The van der Waals surface area contributed by atoms with Crippen molar-refractivity contribution in [1.82, 2.24) is 4.57 Å². The molecule has 0 bridgehead atoms. The molecule has 0 aliphatic carbocycles. The molecule has 1 atom stereocenters. The lowest BCUT2D eigenvalue weighted by atomic mass is 10.1. The van der Waals surface area contributed by atoms with E-state index in [1.807, 2.05) is 6.92 Å². The number of aromatic nitrogens is 1. The summed E-state index contributed by atoms with van der Waals surface area (Å²) in [6, 6.07) is 1.27. The monoisotopic (exact) mass is 291 g/mol. The van der Waals surface area contributed by atoms with Gasteiger partial charge >= 0.3 is 0 Å². The molecular formula is C15H21N3O3. The summed E-state index contributed by atoms with van der Waals surface area (Å²) in [5.41, 5.74) is 1.70. The standard InChI is InChI=1S/C15H21N3O3/c1-9(2)5-16-7-13(21)17-6-11(8-19)18-12(20)4-10(3)14(16)15(17)18/h4,9,11,19H,5-8H2,1-3H3. The molecule has 1 unspecified atom stereocenters. The molecule has 3 rings (SSSR count). The van der Waals surface area contributed by atoms with Crippen molar-refractivity contribution < 1.29 is 9.90 Å². The van der Waals surface area contributed by atoms with E-state index in [-0.39, 0.29) is 24.1 Å². The van der Waals surface area contributed by atoms with Gasteiger partial charge in [0.15, 0.2) is 0 Å². The Kier molecular flexibility index (Phi) is 3.28. The summed E-state index contributed by atoms with van der Waals surface area (Å²) in [4.78, 5) is 28.4. The highest BCUT2D eigenvalue weighted by Crippen LogP contribution is 2.41. The van der Waals surface area contributed by atoms with Gasteiger partial charge in [0.1, 0.15) is 5.82 Å². The fraction of sp³-hybridized carbons (Fsp3) is 0.600. The molecule has 0 fully saturated rings. The normalized spacial score (nSPS) is 20.4. The number of aryl methyl sites for hydroxylation is 1. The third-order valence-electron chi connectivity index (χ3n) is 4.14. The fourth-order valence-corrected chi connectivity index (χ4v) is 3.38. The molecule has 1 aromatic rings. The number of rotatable bonds is 3. The minimum absolute atomic E-state index is 0.00199. The molecule has 0 aromatic carbocycles. The van der Waals surface area contributed by atoms with E-state index < -0.39 is 0 Å². The largest absolute Gasteiger partial charge is 0.394 e. The van der Waals surface area contributed by atoms with Crippen LogP contribution in [0.2, 0.25) is 0 Å². The Morgan fingerprint density at radius 2 is 2.10 bits per heavy atom. The Bertz CT molecular complexity index is 650. The number of carbonyl (C=O) groups excluding carboxylic acids is 1. The first-order chi connectivity index (χ1) is 9.93. The van der Waals surface area contributed by atoms with E-state index in [1.54, 1.807) is 15.5 Å². The van der Waals surface area contributed by atoms with Crippen LogP contribution in [0, 0.1) is 12.8 Å². The van der Waals surface area contributed by atoms with Crippen LogP contribution >= 0.6 is 0 Å². The Hall–Kier alpha value is -1.82. The zero-order valence-corrected chi connectivity index (χ0v) is 12.7. The summed E-state index contributed by atoms with van der Waals surface area (Å²) in [5.74, 6) is 1.08. The van der Waals surface area contributed by atoms with Crippen molar-refractivity contribution in [3.8, 4) is 0 Å². The first-order valence-corrected chi connectivity index (χ1v) is 7.36. The number of carbonyl (C=O) groups is 1. The molecule has 2 aliphatic rings. The molecule has 114 valence electrons. The van der Waals surface area contributed by atoms with Gasteiger partial charge in [0, 0.05) is 12.6 Å². The predicted molar refractivity (Wildman–Crippen MR) is 81.0 cm³/mol. The van der Waals surface area contributed by atoms with Gasteiger partial charge in [0.25, 0.3) is 5.56 Å². The van der Waals surface area contributed by atoms with Crippen LogP contribution in [-0.4, -0.2) is 41.8 Å². The van der Waals surface area contributed by atoms with Crippen molar-refractivity contribution in [3.63, 3.8) is 0 Å². The third kappa shape index (κ3) is 2.05. The van der Waals surface area contributed by atoms with Crippen LogP contribution in [0.15, 0.2) is 10.9 Å². The van der Waals surface area contributed by atoms with Crippen LogP contribution in [-0.2, 0) is 4.79 Å². The number of nitrogens with zero attached hydrogens (tertiary/aromatic N) is 3. The van der Waals surface area contributed by atoms with Gasteiger partial charge < -0.3 is 10.0 Å². The first-order valence-electron chi connectivity index (χ1n) is 7.36. The van der Waals surface area contributed by atoms with E-state index in [0.717, 1.165) is 17.8 Å². The lowest BCUT2D eigenvalue weighted by Crippen LogP contribution is -2.46. The highest BCUT2D eigenvalue weighted by Gasteiger charge is 2.40. The van der Waals surface area contributed by atoms with Crippen LogP contribution in [0.25, 0.3) is 0 Å². The molecule has 2 aliphatic heterocycles. The number of anilines is 2. The van der Waals surface area contributed by atoms with Gasteiger partial charge in [-0.3, -0.25) is 19.1 Å². The van der Waals surface area contributed by atoms with E-state index >= 15 is 0 Å². The van der Waals surface area contributed by atoms with Gasteiger partial charge in [-0.15, -0.1) is 0 Å². The Morgan fingerprint density at radius 3 is 2.71 bits per heavy atom. The highest BCUT2D eigenvalue weighted by molar-refractivity contribution is 6.03. The van der Waals surface area contributed by atoms with E-state index in [9.17, 15) is 14.7 Å². The fourth-order valence-electron chi connectivity index (χ4n) is 3.38. The molecule has 1 N–H and O–H groups in total. The average molecular weight is 291 g/mol. The van der Waals surface area contributed by atoms with Crippen LogP contribution in [0.1, 0.15) is 25.5 Å². The zero-order valence-electron chi connectivity index (χ0n) is 12.7. The number of hydrogen-bond acceptors (Lipinski definition) is 4. The third-order valence-corrected chi connectivity index (χ3v) is 4.14. The van der Waals surface area contributed by atoms with Crippen molar-refractivity contribution in [2.24, 2.45) is 5.92 Å². The highest BCUT2D eigenvalue weighted by atomic mass is 16.3. The number of hydrogen-bond donors (Lipinski definition) is 1. The van der Waals surface area contributed by atoms with Gasteiger partial charge in [0.05, 0.1) is 31.4 Å². The first kappa shape index (κ1) is 14.1. The van der Waals surface area contributed by atoms with Gasteiger partial charge in [0.2, 0.25) is 5.91 Å². The summed E-state index contributed by atoms with van der Waals surface area (Å²) in [6.07, 6.45) is 0. The number of pyridine rings is 1. The van der Waals surface area contributed by atoms with Crippen molar-refractivity contribution in [2.75, 3.05) is 36.0 Å². The quantitative estimate of drug-likeness (QED) is 0.881. The van der Waals surface area contributed by atoms with Crippen LogP contribution in [0.5, 0.6) is 0 Å². The van der Waals surface area contributed by atoms with Gasteiger partial charge in [-0.1, -0.05) is 13.8 Å². The van der Waals surface area contributed by atoms with Crippen molar-refractivity contribution >= 4 is 17.4 Å². The lowest BCUT2D eigenvalue weighted by Gasteiger charge is -2.36. The Morgan fingerprint density at radius 1 is 1.38 bits per heavy atom. The molecule has 3 heterocycles. The number of aliphatic hydroxyl groups is 1. The lowest BCUT2D eigenvalue weighted by molar-refractivity contribution is -0.117. The predicted octanol–water partition coefficient (Wildman–Crippen LogP) is 0.513. The molecule has 0 saturated carbocycles. The zero-order chi connectivity index (χ0) is 15.3. The van der Waals surface area contributed by atoms with E-state index in [0.29, 0.717) is 24.8 Å². The van der Waals surface area contributed by atoms with Gasteiger partial charge in [-0.25, -0.2) is 0 Å². The summed E-state index contributed by atoms with van der Waals surface area (Å²) in [5, 5.41) is 9.52. The van der Waals surface area contributed by atoms with Crippen molar-refractivity contribution in [3.05, 3.63) is 22.0 Å². The molecule has 0 spiro atoms. The summed E-state index contributed by atoms with van der Waals surface area (Å²) >= 11 is 0. The van der Waals surface area contributed by atoms with E-state index in [2.05, 4.69) is 18.7 Å². The Balaban J connectivity index is 2.22. The maximum Gasteiger partial charge on any atom is 0.252 e. The van der Waals surface area contributed by atoms with Crippen LogP contribution < -0.4 is 15.4 Å². The van der Waals surface area contributed by atoms with Crippen LogP contribution in [0.4, 0.5) is 11.5 Å². The van der Waals surface area contributed by atoms with Crippen molar-refractivity contribution in [2.45, 2.75) is 26.8 Å². The second-order valence-electron chi connectivity index (χ2n) is 6.32. The molecule has 0 radical (unpaired) electrons. The maximum absolute atomic E-state index is 12.4. The molecular weight excluding hydrogens is 270 g/mol. The summed E-state index contributed by atoms with van der Waals surface area (Å²) in [6.45, 7) is 7.49. The molecule has 1 amide bonds. The number of aliphatic hydroxyl groups excluding tert-OH is 1. The van der Waals surface area contributed by atoms with E-state index in [1.165, 1.54) is 0 Å². The van der Waals surface area contributed by atoms with Crippen LogP contribution in [0.3, 0.4) is 0 Å². The van der Waals surface area contributed by atoms with Crippen molar-refractivity contribution in [1.29, 1.82) is 0 Å². The minimum atomic E-state index is -0.338. The summed E-state index contributed by atoms with van der Waals surface area (Å²) in [7, 11) is 0. The Labute approximate surface area is 123 Å². The topological polar surface area (TPSA) is 65.8 Å². The molecule has 6 heteroatoms. The second-order valence-corrected chi connectivity index (χ2v) is 6.32. The average Bonchev–Trinajstić information content (AvgIpc) is 2.77. The van der Waals surface area contributed by atoms with Gasteiger partial charge in [-0.2, -0.15) is 0 Å². The molecule has 21 heavy (non-hydrogen) atoms. The molecule has 0 saturated heterocycles. The summed E-state index contributed by atoms with van der Waals surface area (Å²) < 4.78 is 1.58. The minimum Gasteiger partial charge on any atom is -0.394 e. The molecule has 1 aromatic heterocycles. The number of amides is 1. The second kappa shape index (κ2) is 4.87.